The first-order chi connectivity index (χ1) is 11.0. The molecule has 0 saturated carbocycles. The Kier molecular flexibility index (Phi) is 5.60. The molecule has 2 amide bonds. The Labute approximate surface area is 136 Å². The molecular weight excluding hydrogens is 296 g/mol. The minimum atomic E-state index is -0.927. The van der Waals surface area contributed by atoms with E-state index < -0.39 is 5.60 Å². The number of para-hydroxylation sites is 2. The van der Waals surface area contributed by atoms with E-state index in [1.165, 1.54) is 0 Å². The third kappa shape index (κ3) is 4.22. The van der Waals surface area contributed by atoms with Crippen LogP contribution in [0.25, 0.3) is 0 Å². The van der Waals surface area contributed by atoms with E-state index in [4.69, 9.17) is 9.47 Å². The first-order valence-electron chi connectivity index (χ1n) is 7.81. The minimum Gasteiger partial charge on any atom is -0.476 e. The van der Waals surface area contributed by atoms with Gasteiger partial charge in [-0.25, -0.2) is 0 Å². The Morgan fingerprint density at radius 1 is 1.35 bits per heavy atom. The van der Waals surface area contributed by atoms with Gasteiger partial charge in [0.15, 0.2) is 5.60 Å². The molecule has 0 unspecified atom stereocenters. The summed E-state index contributed by atoms with van der Waals surface area (Å²) < 4.78 is 10.7. The van der Waals surface area contributed by atoms with E-state index in [-0.39, 0.29) is 18.2 Å². The zero-order valence-electron chi connectivity index (χ0n) is 13.9. The average molecular weight is 320 g/mol. The number of anilines is 1. The Morgan fingerprint density at radius 3 is 2.83 bits per heavy atom. The maximum atomic E-state index is 12.6. The molecule has 0 spiro atoms. The minimum absolute atomic E-state index is 0.0734. The first-order valence-corrected chi connectivity index (χ1v) is 7.81. The summed E-state index contributed by atoms with van der Waals surface area (Å²) >= 11 is 0. The van der Waals surface area contributed by atoms with Gasteiger partial charge in [-0.3, -0.25) is 9.59 Å². The summed E-state index contributed by atoms with van der Waals surface area (Å²) in [6, 6.07) is 7.39. The molecule has 0 bridgehead atoms. The molecular formula is C17H24N2O4. The predicted octanol–water partition coefficient (Wildman–Crippen LogP) is 1.73. The van der Waals surface area contributed by atoms with Crippen molar-refractivity contribution < 1.29 is 19.1 Å². The fourth-order valence-electron chi connectivity index (χ4n) is 2.49. The molecule has 1 heterocycles. The van der Waals surface area contributed by atoms with Crippen molar-refractivity contribution in [3.8, 4) is 5.75 Å². The molecule has 0 aliphatic carbocycles. The van der Waals surface area contributed by atoms with E-state index in [0.29, 0.717) is 31.1 Å². The van der Waals surface area contributed by atoms with Crippen LogP contribution in [0.1, 0.15) is 26.7 Å². The number of hydrogen-bond acceptors (Lipinski definition) is 4. The average Bonchev–Trinajstić information content (AvgIpc) is 2.52. The van der Waals surface area contributed by atoms with Crippen LogP contribution in [0.5, 0.6) is 5.75 Å². The highest BCUT2D eigenvalue weighted by atomic mass is 16.5. The molecule has 23 heavy (non-hydrogen) atoms. The lowest BCUT2D eigenvalue weighted by molar-refractivity contribution is -0.132. The number of benzene rings is 1. The van der Waals surface area contributed by atoms with E-state index in [2.05, 4.69) is 5.32 Å². The van der Waals surface area contributed by atoms with Gasteiger partial charge in [0, 0.05) is 33.2 Å². The van der Waals surface area contributed by atoms with Crippen LogP contribution in [0.2, 0.25) is 0 Å². The van der Waals surface area contributed by atoms with Gasteiger partial charge >= 0.3 is 0 Å². The van der Waals surface area contributed by atoms with Gasteiger partial charge in [-0.15, -0.1) is 0 Å². The summed E-state index contributed by atoms with van der Waals surface area (Å²) in [5, 5.41) is 2.83. The summed E-state index contributed by atoms with van der Waals surface area (Å²) in [7, 11) is 1.63. The number of rotatable bonds is 7. The smallest absolute Gasteiger partial charge is 0.270 e. The van der Waals surface area contributed by atoms with E-state index in [0.717, 1.165) is 6.42 Å². The monoisotopic (exact) mass is 320 g/mol. The van der Waals surface area contributed by atoms with E-state index >= 15 is 0 Å². The van der Waals surface area contributed by atoms with Crippen molar-refractivity contribution in [3.63, 3.8) is 0 Å². The molecule has 1 aromatic carbocycles. The van der Waals surface area contributed by atoms with Gasteiger partial charge < -0.3 is 19.7 Å². The van der Waals surface area contributed by atoms with Crippen molar-refractivity contribution in [2.45, 2.75) is 32.3 Å². The molecule has 0 atom stereocenters. The van der Waals surface area contributed by atoms with Crippen LogP contribution in [0.15, 0.2) is 24.3 Å². The first kappa shape index (κ1) is 17.3. The highest BCUT2D eigenvalue weighted by molar-refractivity contribution is 6.02. The van der Waals surface area contributed by atoms with Gasteiger partial charge in [0.2, 0.25) is 5.91 Å². The van der Waals surface area contributed by atoms with Crippen LogP contribution in [0.4, 0.5) is 5.69 Å². The lowest BCUT2D eigenvalue weighted by Crippen LogP contribution is -2.53. The van der Waals surface area contributed by atoms with Crippen LogP contribution >= 0.6 is 0 Å². The van der Waals surface area contributed by atoms with Crippen LogP contribution in [0, 0.1) is 0 Å². The zero-order chi connectivity index (χ0) is 16.9. The molecule has 6 heteroatoms. The molecule has 2 rings (SSSR count). The second-order valence-corrected chi connectivity index (χ2v) is 5.98. The fourth-order valence-corrected chi connectivity index (χ4v) is 2.49. The number of nitrogens with one attached hydrogen (secondary N) is 1. The molecule has 126 valence electrons. The largest absolute Gasteiger partial charge is 0.476 e. The standard InChI is InChI=1S/C17H24N2O4/c1-17(2)16(21)19(13-7-4-5-8-14(13)23-17)11-9-15(20)18-10-6-12-22-3/h4-5,7-8H,6,9-12H2,1-3H3,(H,18,20). The van der Waals surface area contributed by atoms with Crippen LogP contribution in [0.3, 0.4) is 0 Å². The van der Waals surface area contributed by atoms with E-state index in [1.54, 1.807) is 25.9 Å². The normalized spacial score (nSPS) is 15.8. The van der Waals surface area contributed by atoms with Gasteiger partial charge in [0.05, 0.1) is 5.69 Å². The maximum absolute atomic E-state index is 12.6. The molecule has 1 N–H and O–H groups in total. The van der Waals surface area contributed by atoms with Crippen LogP contribution < -0.4 is 15.0 Å². The van der Waals surface area contributed by atoms with Crippen molar-refractivity contribution in [2.24, 2.45) is 0 Å². The third-order valence-corrected chi connectivity index (χ3v) is 3.69. The molecule has 0 radical (unpaired) electrons. The van der Waals surface area contributed by atoms with Crippen molar-refractivity contribution in [2.75, 3.05) is 31.7 Å². The Bertz CT molecular complexity index is 571. The topological polar surface area (TPSA) is 67.9 Å². The molecule has 1 aliphatic rings. The highest BCUT2D eigenvalue weighted by Crippen LogP contribution is 2.37. The number of hydrogen-bond donors (Lipinski definition) is 1. The molecule has 1 aliphatic heterocycles. The quantitative estimate of drug-likeness (QED) is 0.777. The Morgan fingerprint density at radius 2 is 2.09 bits per heavy atom. The number of fused-ring (bicyclic) bond motifs is 1. The van der Waals surface area contributed by atoms with Crippen molar-refractivity contribution in [3.05, 3.63) is 24.3 Å². The summed E-state index contributed by atoms with van der Waals surface area (Å²) in [5.74, 6) is 0.455. The molecule has 0 fully saturated rings. The molecule has 6 nitrogen and oxygen atoms in total. The summed E-state index contributed by atoms with van der Waals surface area (Å²) in [5.41, 5.74) is -0.215. The second-order valence-electron chi connectivity index (χ2n) is 5.98. The fraction of sp³-hybridized carbons (Fsp3) is 0.529. The van der Waals surface area contributed by atoms with E-state index in [1.807, 2.05) is 24.3 Å². The van der Waals surface area contributed by atoms with Gasteiger partial charge in [0.25, 0.3) is 5.91 Å². The number of ether oxygens (including phenoxy) is 2. The molecule has 0 aromatic heterocycles. The van der Waals surface area contributed by atoms with Crippen LogP contribution in [-0.2, 0) is 14.3 Å². The Hall–Kier alpha value is -2.08. The number of amides is 2. The van der Waals surface area contributed by atoms with E-state index in [9.17, 15) is 9.59 Å². The van der Waals surface area contributed by atoms with Gasteiger partial charge in [-0.05, 0) is 32.4 Å². The summed E-state index contributed by atoms with van der Waals surface area (Å²) in [6.45, 7) is 5.00. The van der Waals surface area contributed by atoms with Gasteiger partial charge in [-0.1, -0.05) is 12.1 Å². The summed E-state index contributed by atoms with van der Waals surface area (Å²) in [6.07, 6.45) is 1.03. The van der Waals surface area contributed by atoms with Crippen molar-refractivity contribution in [1.29, 1.82) is 0 Å². The second kappa shape index (κ2) is 7.46. The van der Waals surface area contributed by atoms with Gasteiger partial charge in [-0.2, -0.15) is 0 Å². The van der Waals surface area contributed by atoms with Crippen molar-refractivity contribution in [1.82, 2.24) is 5.32 Å². The highest BCUT2D eigenvalue weighted by Gasteiger charge is 2.40. The lowest BCUT2D eigenvalue weighted by atomic mass is 10.0. The number of carbonyl (C=O) groups excluding carboxylic acids is 2. The lowest BCUT2D eigenvalue weighted by Gasteiger charge is -2.38. The Balaban J connectivity index is 1.98. The zero-order valence-corrected chi connectivity index (χ0v) is 13.9. The van der Waals surface area contributed by atoms with Crippen molar-refractivity contribution >= 4 is 17.5 Å². The number of nitrogens with zero attached hydrogens (tertiary/aromatic N) is 1. The number of methoxy groups -OCH3 is 1. The summed E-state index contributed by atoms with van der Waals surface area (Å²) in [4.78, 5) is 26.1. The molecule has 0 saturated heterocycles. The predicted molar refractivity (Wildman–Crippen MR) is 87.6 cm³/mol. The van der Waals surface area contributed by atoms with Gasteiger partial charge in [0.1, 0.15) is 5.75 Å². The maximum Gasteiger partial charge on any atom is 0.270 e. The SMILES string of the molecule is COCCCNC(=O)CCN1C(=O)C(C)(C)Oc2ccccc21. The third-order valence-electron chi connectivity index (χ3n) is 3.69. The number of carbonyl (C=O) groups is 2. The molecule has 1 aromatic rings. The van der Waals surface area contributed by atoms with Crippen LogP contribution in [-0.4, -0.2) is 44.2 Å².